The van der Waals surface area contributed by atoms with Crippen LogP contribution in [0.3, 0.4) is 0 Å². The lowest BCUT2D eigenvalue weighted by Crippen LogP contribution is -2.31. The summed E-state index contributed by atoms with van der Waals surface area (Å²) >= 11 is 0. The molecule has 2 amide bonds. The van der Waals surface area contributed by atoms with E-state index in [9.17, 15) is 9.59 Å². The van der Waals surface area contributed by atoms with E-state index in [-0.39, 0.29) is 11.8 Å². The minimum atomic E-state index is -0.129. The fourth-order valence-corrected chi connectivity index (χ4v) is 3.09. The Hall–Kier alpha value is -1.92. The minimum Gasteiger partial charge on any atom is -0.352 e. The summed E-state index contributed by atoms with van der Waals surface area (Å²) in [5.41, 5.74) is 1.05. The molecule has 1 aromatic carbocycles. The van der Waals surface area contributed by atoms with Gasteiger partial charge in [-0.25, -0.2) is 0 Å². The molecule has 6 nitrogen and oxygen atoms in total. The highest BCUT2D eigenvalue weighted by molar-refractivity contribution is 5.99. The SMILES string of the molecule is CCN(CC)CCCNC(=O)c1cccc(C(=O)NCCCN(CC)CC)c1. The van der Waals surface area contributed by atoms with Gasteiger partial charge in [-0.15, -0.1) is 0 Å². The van der Waals surface area contributed by atoms with Crippen LogP contribution in [0.15, 0.2) is 24.3 Å². The zero-order chi connectivity index (χ0) is 20.8. The van der Waals surface area contributed by atoms with Gasteiger partial charge < -0.3 is 20.4 Å². The molecule has 0 aliphatic carbocycles. The molecule has 0 atom stereocenters. The number of nitrogens with one attached hydrogen (secondary N) is 2. The van der Waals surface area contributed by atoms with Crippen LogP contribution in [-0.4, -0.2) is 74.0 Å². The average molecular weight is 391 g/mol. The first-order valence-corrected chi connectivity index (χ1v) is 10.7. The molecule has 0 heterocycles. The molecule has 28 heavy (non-hydrogen) atoms. The maximum atomic E-state index is 12.3. The molecule has 0 aliphatic rings. The summed E-state index contributed by atoms with van der Waals surface area (Å²) < 4.78 is 0. The number of carbonyl (C=O) groups is 2. The predicted octanol–water partition coefficient (Wildman–Crippen LogP) is 2.61. The van der Waals surface area contributed by atoms with Gasteiger partial charge in [0.1, 0.15) is 0 Å². The number of hydrogen-bond acceptors (Lipinski definition) is 4. The van der Waals surface area contributed by atoms with Crippen molar-refractivity contribution in [3.63, 3.8) is 0 Å². The summed E-state index contributed by atoms with van der Waals surface area (Å²) in [4.78, 5) is 29.3. The lowest BCUT2D eigenvalue weighted by Gasteiger charge is -2.18. The Morgan fingerprint density at radius 3 is 1.50 bits per heavy atom. The van der Waals surface area contributed by atoms with Crippen LogP contribution in [0.4, 0.5) is 0 Å². The van der Waals surface area contributed by atoms with E-state index in [1.54, 1.807) is 24.3 Å². The van der Waals surface area contributed by atoms with Crippen molar-refractivity contribution < 1.29 is 9.59 Å². The Morgan fingerprint density at radius 2 is 1.14 bits per heavy atom. The standard InChI is InChI=1S/C22H38N4O2/c1-5-25(6-2)16-10-14-23-21(27)19-12-9-13-20(18-19)22(28)24-15-11-17-26(7-3)8-4/h9,12-13,18H,5-8,10-11,14-17H2,1-4H3,(H,23,27)(H,24,28). The van der Waals surface area contributed by atoms with Gasteiger partial charge in [-0.1, -0.05) is 33.8 Å². The molecule has 0 aromatic heterocycles. The average Bonchev–Trinajstić information content (AvgIpc) is 2.73. The molecule has 0 saturated carbocycles. The summed E-state index contributed by atoms with van der Waals surface area (Å²) in [6.07, 6.45) is 1.83. The molecule has 0 fully saturated rings. The van der Waals surface area contributed by atoms with Gasteiger partial charge in [0.2, 0.25) is 0 Å². The maximum absolute atomic E-state index is 12.3. The van der Waals surface area contributed by atoms with Crippen molar-refractivity contribution in [3.05, 3.63) is 35.4 Å². The second kappa shape index (κ2) is 14.1. The van der Waals surface area contributed by atoms with E-state index in [2.05, 4.69) is 48.1 Å². The Balaban J connectivity index is 2.43. The maximum Gasteiger partial charge on any atom is 0.251 e. The van der Waals surface area contributed by atoms with Gasteiger partial charge >= 0.3 is 0 Å². The van der Waals surface area contributed by atoms with Crippen LogP contribution in [0, 0.1) is 0 Å². The first-order chi connectivity index (χ1) is 13.5. The molecule has 1 aromatic rings. The second-order valence-electron chi connectivity index (χ2n) is 6.85. The van der Waals surface area contributed by atoms with Crippen molar-refractivity contribution in [2.75, 3.05) is 52.4 Å². The van der Waals surface area contributed by atoms with Crippen LogP contribution in [0.1, 0.15) is 61.3 Å². The summed E-state index contributed by atoms with van der Waals surface area (Å²) in [6, 6.07) is 6.92. The fourth-order valence-electron chi connectivity index (χ4n) is 3.09. The lowest BCUT2D eigenvalue weighted by molar-refractivity contribution is 0.0951. The van der Waals surface area contributed by atoms with Crippen molar-refractivity contribution in [2.45, 2.75) is 40.5 Å². The van der Waals surface area contributed by atoms with Gasteiger partial charge in [0, 0.05) is 24.2 Å². The van der Waals surface area contributed by atoms with Crippen molar-refractivity contribution >= 4 is 11.8 Å². The van der Waals surface area contributed by atoms with E-state index < -0.39 is 0 Å². The van der Waals surface area contributed by atoms with Crippen LogP contribution in [0.25, 0.3) is 0 Å². The van der Waals surface area contributed by atoms with E-state index in [1.165, 1.54) is 0 Å². The molecular weight excluding hydrogens is 352 g/mol. The van der Waals surface area contributed by atoms with E-state index in [4.69, 9.17) is 0 Å². The van der Waals surface area contributed by atoms with E-state index in [0.29, 0.717) is 24.2 Å². The highest BCUT2D eigenvalue weighted by Gasteiger charge is 2.10. The Labute approximate surface area is 170 Å². The molecule has 0 aliphatic heterocycles. The van der Waals surface area contributed by atoms with Crippen molar-refractivity contribution in [1.82, 2.24) is 20.4 Å². The number of carbonyl (C=O) groups excluding carboxylic acids is 2. The summed E-state index contributed by atoms with van der Waals surface area (Å²) in [6.45, 7) is 15.9. The Morgan fingerprint density at radius 1 is 0.750 bits per heavy atom. The van der Waals surface area contributed by atoms with Gasteiger partial charge in [0.05, 0.1) is 0 Å². The normalized spacial score (nSPS) is 11.1. The third kappa shape index (κ3) is 8.85. The quantitative estimate of drug-likeness (QED) is 0.479. The zero-order valence-electron chi connectivity index (χ0n) is 18.1. The monoisotopic (exact) mass is 390 g/mol. The molecule has 2 N–H and O–H groups in total. The molecule has 0 saturated heterocycles. The van der Waals surface area contributed by atoms with Crippen LogP contribution in [-0.2, 0) is 0 Å². The van der Waals surface area contributed by atoms with Crippen molar-refractivity contribution in [1.29, 1.82) is 0 Å². The molecule has 0 spiro atoms. The molecule has 0 radical (unpaired) electrons. The van der Waals surface area contributed by atoms with Gasteiger partial charge in [-0.2, -0.15) is 0 Å². The van der Waals surface area contributed by atoms with E-state index >= 15 is 0 Å². The lowest BCUT2D eigenvalue weighted by atomic mass is 10.1. The van der Waals surface area contributed by atoms with Gasteiger partial charge in [0.25, 0.3) is 11.8 Å². The summed E-state index contributed by atoms with van der Waals surface area (Å²) in [5.74, 6) is -0.258. The number of rotatable bonds is 14. The third-order valence-electron chi connectivity index (χ3n) is 5.05. The second-order valence-corrected chi connectivity index (χ2v) is 6.85. The van der Waals surface area contributed by atoms with Crippen molar-refractivity contribution in [2.24, 2.45) is 0 Å². The first-order valence-electron chi connectivity index (χ1n) is 10.7. The number of nitrogens with zero attached hydrogens (tertiary/aromatic N) is 2. The Bertz CT molecular complexity index is 536. The zero-order valence-corrected chi connectivity index (χ0v) is 18.1. The van der Waals surface area contributed by atoms with E-state index in [1.807, 2.05) is 0 Å². The largest absolute Gasteiger partial charge is 0.352 e. The van der Waals surface area contributed by atoms with Gasteiger partial charge in [0.15, 0.2) is 0 Å². The number of benzene rings is 1. The first kappa shape index (κ1) is 24.1. The van der Waals surface area contributed by atoms with E-state index in [0.717, 1.165) is 52.1 Å². The number of amides is 2. The number of hydrogen-bond donors (Lipinski definition) is 2. The smallest absolute Gasteiger partial charge is 0.251 e. The highest BCUT2D eigenvalue weighted by Crippen LogP contribution is 2.06. The molecule has 0 unspecified atom stereocenters. The topological polar surface area (TPSA) is 64.7 Å². The van der Waals surface area contributed by atoms with Crippen LogP contribution in [0.2, 0.25) is 0 Å². The summed E-state index contributed by atoms with van der Waals surface area (Å²) in [5, 5.41) is 5.89. The molecule has 6 heteroatoms. The minimum absolute atomic E-state index is 0.129. The van der Waals surface area contributed by atoms with Crippen LogP contribution < -0.4 is 10.6 Å². The third-order valence-corrected chi connectivity index (χ3v) is 5.05. The van der Waals surface area contributed by atoms with Crippen LogP contribution in [0.5, 0.6) is 0 Å². The van der Waals surface area contributed by atoms with Gasteiger partial charge in [-0.05, 0) is 70.3 Å². The molecular formula is C22H38N4O2. The Kier molecular flexibility index (Phi) is 12.2. The summed E-state index contributed by atoms with van der Waals surface area (Å²) in [7, 11) is 0. The van der Waals surface area contributed by atoms with Crippen LogP contribution >= 0.6 is 0 Å². The fraction of sp³-hybridized carbons (Fsp3) is 0.636. The van der Waals surface area contributed by atoms with Crippen molar-refractivity contribution in [3.8, 4) is 0 Å². The molecule has 1 rings (SSSR count). The predicted molar refractivity (Wildman–Crippen MR) is 116 cm³/mol. The molecule has 158 valence electrons. The van der Waals surface area contributed by atoms with Gasteiger partial charge in [-0.3, -0.25) is 9.59 Å². The highest BCUT2D eigenvalue weighted by atomic mass is 16.2. The molecule has 0 bridgehead atoms.